The van der Waals surface area contributed by atoms with Gasteiger partial charge in [-0.25, -0.2) is 8.78 Å². The maximum absolute atomic E-state index is 13.9. The van der Waals surface area contributed by atoms with Crippen LogP contribution in [0.3, 0.4) is 0 Å². The van der Waals surface area contributed by atoms with Crippen molar-refractivity contribution >= 4 is 0 Å². The van der Waals surface area contributed by atoms with Crippen LogP contribution in [-0.4, -0.2) is 10.1 Å². The number of aryl methyl sites for hydroxylation is 3. The summed E-state index contributed by atoms with van der Waals surface area (Å²) in [6.45, 7) is 5.04. The molecule has 1 atom stereocenters. The van der Waals surface area contributed by atoms with Crippen molar-refractivity contribution < 1.29 is 13.9 Å². The molecule has 1 N–H and O–H groups in total. The van der Waals surface area contributed by atoms with Gasteiger partial charge in [-0.15, -0.1) is 0 Å². The molecule has 1 heterocycles. The van der Waals surface area contributed by atoms with Gasteiger partial charge >= 0.3 is 0 Å². The molecule has 2 aromatic rings. The number of aliphatic hydroxyl groups is 1. The SMILES string of the molecule is Cc1ccc(C(O)c2ccc(C)c(F)c2F)c(C)n1. The van der Waals surface area contributed by atoms with Crippen LogP contribution in [0, 0.1) is 32.4 Å². The lowest BCUT2D eigenvalue weighted by molar-refractivity contribution is 0.212. The Labute approximate surface area is 110 Å². The van der Waals surface area contributed by atoms with Crippen molar-refractivity contribution in [2.24, 2.45) is 0 Å². The topological polar surface area (TPSA) is 33.1 Å². The molecule has 4 heteroatoms. The van der Waals surface area contributed by atoms with Crippen LogP contribution in [0.25, 0.3) is 0 Å². The standard InChI is InChI=1S/C15H15F2NO/c1-8-4-6-12(14(17)13(8)16)15(19)11-7-5-9(2)18-10(11)3/h4-7,15,19H,1-3H3. The number of nitrogens with zero attached hydrogens (tertiary/aromatic N) is 1. The predicted molar refractivity (Wildman–Crippen MR) is 68.9 cm³/mol. The van der Waals surface area contributed by atoms with Gasteiger partial charge in [0.2, 0.25) is 0 Å². The number of aromatic nitrogens is 1. The van der Waals surface area contributed by atoms with E-state index in [1.54, 1.807) is 19.1 Å². The summed E-state index contributed by atoms with van der Waals surface area (Å²) in [6.07, 6.45) is -1.22. The molecule has 0 saturated carbocycles. The lowest BCUT2D eigenvalue weighted by atomic mass is 9.98. The summed E-state index contributed by atoms with van der Waals surface area (Å²) in [4.78, 5) is 4.21. The first-order chi connectivity index (χ1) is 8.91. The van der Waals surface area contributed by atoms with Crippen LogP contribution in [0.5, 0.6) is 0 Å². The molecule has 0 aliphatic rings. The van der Waals surface area contributed by atoms with Crippen LogP contribution in [0.4, 0.5) is 8.78 Å². The minimum absolute atomic E-state index is 0.0724. The van der Waals surface area contributed by atoms with Crippen LogP contribution in [-0.2, 0) is 0 Å². The monoisotopic (exact) mass is 263 g/mol. The Kier molecular flexibility index (Phi) is 3.62. The van der Waals surface area contributed by atoms with Crippen LogP contribution in [0.15, 0.2) is 24.3 Å². The van der Waals surface area contributed by atoms with Gasteiger partial charge in [-0.2, -0.15) is 0 Å². The molecule has 1 aromatic heterocycles. The third-order valence-corrected chi connectivity index (χ3v) is 3.16. The number of halogens is 2. The zero-order valence-corrected chi connectivity index (χ0v) is 11.0. The van der Waals surface area contributed by atoms with E-state index in [1.165, 1.54) is 19.1 Å². The molecule has 2 nitrogen and oxygen atoms in total. The second kappa shape index (κ2) is 5.05. The van der Waals surface area contributed by atoms with E-state index in [9.17, 15) is 13.9 Å². The second-order valence-corrected chi connectivity index (χ2v) is 4.63. The van der Waals surface area contributed by atoms with Gasteiger partial charge in [-0.1, -0.05) is 18.2 Å². The Morgan fingerprint density at radius 2 is 1.58 bits per heavy atom. The maximum atomic E-state index is 13.9. The Morgan fingerprint density at radius 1 is 0.947 bits per heavy atom. The van der Waals surface area contributed by atoms with E-state index in [0.29, 0.717) is 11.3 Å². The van der Waals surface area contributed by atoms with Crippen LogP contribution in [0.2, 0.25) is 0 Å². The zero-order valence-electron chi connectivity index (χ0n) is 11.0. The molecule has 2 rings (SSSR count). The third-order valence-electron chi connectivity index (χ3n) is 3.16. The third kappa shape index (κ3) is 2.49. The number of aliphatic hydroxyl groups excluding tert-OH is 1. The average Bonchev–Trinajstić information content (AvgIpc) is 2.35. The molecule has 0 radical (unpaired) electrons. The fraction of sp³-hybridized carbons (Fsp3) is 0.267. The number of rotatable bonds is 2. The first-order valence-electron chi connectivity index (χ1n) is 5.98. The molecule has 0 aliphatic carbocycles. The predicted octanol–water partition coefficient (Wildman–Crippen LogP) is 3.37. The molecule has 0 aliphatic heterocycles. The van der Waals surface area contributed by atoms with Gasteiger partial charge < -0.3 is 5.11 Å². The maximum Gasteiger partial charge on any atom is 0.165 e. The fourth-order valence-corrected chi connectivity index (χ4v) is 2.03. The van der Waals surface area contributed by atoms with Gasteiger partial charge in [-0.05, 0) is 32.4 Å². The Morgan fingerprint density at radius 3 is 2.21 bits per heavy atom. The van der Waals surface area contributed by atoms with Crippen LogP contribution in [0.1, 0.15) is 34.2 Å². The summed E-state index contributed by atoms with van der Waals surface area (Å²) in [7, 11) is 0. The van der Waals surface area contributed by atoms with Crippen molar-refractivity contribution in [2.75, 3.05) is 0 Å². The summed E-state index contributed by atoms with van der Waals surface area (Å²) >= 11 is 0. The summed E-state index contributed by atoms with van der Waals surface area (Å²) in [5.74, 6) is -1.93. The molecular formula is C15H15F2NO. The van der Waals surface area contributed by atoms with E-state index in [2.05, 4.69) is 4.98 Å². The molecule has 0 saturated heterocycles. The molecule has 1 aromatic carbocycles. The van der Waals surface area contributed by atoms with Gasteiger partial charge in [0, 0.05) is 22.5 Å². The highest BCUT2D eigenvalue weighted by Crippen LogP contribution is 2.28. The van der Waals surface area contributed by atoms with E-state index in [0.717, 1.165) is 5.69 Å². The molecule has 0 fully saturated rings. The van der Waals surface area contributed by atoms with Crippen molar-refractivity contribution in [3.05, 3.63) is 64.0 Å². The van der Waals surface area contributed by atoms with E-state index in [-0.39, 0.29) is 11.1 Å². The smallest absolute Gasteiger partial charge is 0.165 e. The molecule has 0 bridgehead atoms. The lowest BCUT2D eigenvalue weighted by Gasteiger charge is -2.15. The van der Waals surface area contributed by atoms with E-state index >= 15 is 0 Å². The van der Waals surface area contributed by atoms with Crippen molar-refractivity contribution in [1.29, 1.82) is 0 Å². The number of hydrogen-bond acceptors (Lipinski definition) is 2. The highest BCUT2D eigenvalue weighted by Gasteiger charge is 2.20. The van der Waals surface area contributed by atoms with Crippen molar-refractivity contribution in [3.8, 4) is 0 Å². The highest BCUT2D eigenvalue weighted by atomic mass is 19.2. The van der Waals surface area contributed by atoms with Gasteiger partial charge in [0.05, 0.1) is 0 Å². The summed E-state index contributed by atoms with van der Waals surface area (Å²) in [5, 5.41) is 10.2. The molecule has 0 spiro atoms. The van der Waals surface area contributed by atoms with Crippen molar-refractivity contribution in [3.63, 3.8) is 0 Å². The Hall–Kier alpha value is -1.81. The molecule has 100 valence electrons. The minimum atomic E-state index is -1.22. The Bertz CT molecular complexity index is 626. The Balaban J connectivity index is 2.50. The summed E-state index contributed by atoms with van der Waals surface area (Å²) in [5.41, 5.74) is 2.04. The second-order valence-electron chi connectivity index (χ2n) is 4.63. The molecule has 19 heavy (non-hydrogen) atoms. The quantitative estimate of drug-likeness (QED) is 0.901. The van der Waals surface area contributed by atoms with Gasteiger partial charge in [-0.3, -0.25) is 4.98 Å². The average molecular weight is 263 g/mol. The summed E-state index contributed by atoms with van der Waals surface area (Å²) in [6, 6.07) is 6.26. The number of pyridine rings is 1. The minimum Gasteiger partial charge on any atom is -0.383 e. The van der Waals surface area contributed by atoms with E-state index in [1.807, 2.05) is 6.92 Å². The van der Waals surface area contributed by atoms with E-state index in [4.69, 9.17) is 0 Å². The lowest BCUT2D eigenvalue weighted by Crippen LogP contribution is -2.08. The highest BCUT2D eigenvalue weighted by molar-refractivity contribution is 5.35. The fourth-order valence-electron chi connectivity index (χ4n) is 2.03. The van der Waals surface area contributed by atoms with Crippen molar-refractivity contribution in [2.45, 2.75) is 26.9 Å². The normalized spacial score (nSPS) is 12.5. The summed E-state index contributed by atoms with van der Waals surface area (Å²) < 4.78 is 27.4. The number of hydrogen-bond donors (Lipinski definition) is 1. The first kappa shape index (κ1) is 13.6. The van der Waals surface area contributed by atoms with E-state index < -0.39 is 17.7 Å². The zero-order chi connectivity index (χ0) is 14.2. The largest absolute Gasteiger partial charge is 0.383 e. The van der Waals surface area contributed by atoms with Gasteiger partial charge in [0.1, 0.15) is 6.10 Å². The first-order valence-corrected chi connectivity index (χ1v) is 5.98. The van der Waals surface area contributed by atoms with Crippen molar-refractivity contribution in [1.82, 2.24) is 4.98 Å². The molecular weight excluding hydrogens is 248 g/mol. The van der Waals surface area contributed by atoms with Crippen LogP contribution >= 0.6 is 0 Å². The van der Waals surface area contributed by atoms with Gasteiger partial charge in [0.25, 0.3) is 0 Å². The molecule has 1 unspecified atom stereocenters. The van der Waals surface area contributed by atoms with Crippen LogP contribution < -0.4 is 0 Å². The molecule has 0 amide bonds. The number of benzene rings is 1. The van der Waals surface area contributed by atoms with Gasteiger partial charge in [0.15, 0.2) is 11.6 Å².